The molecule has 2 heterocycles. The van der Waals surface area contributed by atoms with E-state index in [2.05, 4.69) is 14.9 Å². The summed E-state index contributed by atoms with van der Waals surface area (Å²) >= 11 is 0. The minimum Gasteiger partial charge on any atom is -0.341 e. The lowest BCUT2D eigenvalue weighted by atomic mass is 10.1. The fourth-order valence-corrected chi connectivity index (χ4v) is 2.03. The molecule has 2 rings (SSSR count). The molecule has 0 aliphatic carbocycles. The van der Waals surface area contributed by atoms with Crippen LogP contribution in [0.25, 0.3) is 0 Å². The van der Waals surface area contributed by atoms with Crippen LogP contribution in [-0.2, 0) is 6.42 Å². The van der Waals surface area contributed by atoms with Crippen molar-refractivity contribution in [3.05, 3.63) is 22.1 Å². The summed E-state index contributed by atoms with van der Waals surface area (Å²) in [6.45, 7) is 3.69. The van der Waals surface area contributed by atoms with E-state index < -0.39 is 0 Å². The summed E-state index contributed by atoms with van der Waals surface area (Å²) in [5.74, 6) is 0.666. The van der Waals surface area contributed by atoms with E-state index in [1.807, 2.05) is 6.92 Å². The fraction of sp³-hybridized carbons (Fsp3) is 0.636. The number of aromatic nitrogens is 2. The molecule has 1 aromatic rings. The molecule has 88 valence electrons. The monoisotopic (exact) mass is 222 g/mol. The molecule has 1 aliphatic rings. The fourth-order valence-electron chi connectivity index (χ4n) is 2.03. The van der Waals surface area contributed by atoms with Crippen LogP contribution in [0, 0.1) is 0 Å². The van der Waals surface area contributed by atoms with Gasteiger partial charge in [-0.15, -0.1) is 0 Å². The van der Waals surface area contributed by atoms with Crippen molar-refractivity contribution >= 4 is 5.95 Å². The summed E-state index contributed by atoms with van der Waals surface area (Å²) in [5, 5.41) is 0. The van der Waals surface area contributed by atoms with Gasteiger partial charge in [-0.05, 0) is 19.3 Å². The predicted molar refractivity (Wildman–Crippen MR) is 63.7 cm³/mol. The van der Waals surface area contributed by atoms with E-state index in [4.69, 9.17) is 5.73 Å². The van der Waals surface area contributed by atoms with E-state index in [0.29, 0.717) is 5.95 Å². The van der Waals surface area contributed by atoms with Gasteiger partial charge < -0.3 is 10.6 Å². The van der Waals surface area contributed by atoms with E-state index >= 15 is 0 Å². The van der Waals surface area contributed by atoms with Crippen molar-refractivity contribution in [1.82, 2.24) is 9.97 Å². The van der Waals surface area contributed by atoms with Gasteiger partial charge in [0.1, 0.15) is 0 Å². The molecule has 0 aromatic carbocycles. The molecule has 3 N–H and O–H groups in total. The molecule has 1 unspecified atom stereocenters. The van der Waals surface area contributed by atoms with Crippen LogP contribution >= 0.6 is 0 Å². The van der Waals surface area contributed by atoms with Crippen LogP contribution in [0.5, 0.6) is 0 Å². The Hall–Kier alpha value is -1.36. The van der Waals surface area contributed by atoms with Crippen LogP contribution in [0.2, 0.25) is 0 Å². The number of hydrogen-bond acceptors (Lipinski definition) is 4. The van der Waals surface area contributed by atoms with Gasteiger partial charge in [0.05, 0.1) is 0 Å². The molecule has 0 saturated carbocycles. The highest BCUT2D eigenvalue weighted by molar-refractivity contribution is 5.31. The zero-order valence-electron chi connectivity index (χ0n) is 9.57. The summed E-state index contributed by atoms with van der Waals surface area (Å²) in [4.78, 5) is 20.7. The third-order valence-electron chi connectivity index (χ3n) is 2.90. The van der Waals surface area contributed by atoms with Gasteiger partial charge in [0.15, 0.2) is 0 Å². The first-order valence-electron chi connectivity index (χ1n) is 5.80. The molecule has 0 bridgehead atoms. The van der Waals surface area contributed by atoms with Crippen molar-refractivity contribution in [2.45, 2.75) is 32.2 Å². The zero-order valence-corrected chi connectivity index (χ0v) is 9.57. The lowest BCUT2D eigenvalue weighted by molar-refractivity contribution is 0.499. The maximum Gasteiger partial charge on any atom is 0.252 e. The van der Waals surface area contributed by atoms with E-state index in [1.165, 1.54) is 0 Å². The Labute approximate surface area is 94.7 Å². The van der Waals surface area contributed by atoms with Crippen LogP contribution in [0.15, 0.2) is 10.9 Å². The second-order valence-electron chi connectivity index (χ2n) is 4.26. The molecule has 1 aromatic heterocycles. The summed E-state index contributed by atoms with van der Waals surface area (Å²) in [6.07, 6.45) is 2.88. The normalized spacial score (nSPS) is 21.1. The number of anilines is 1. The van der Waals surface area contributed by atoms with Crippen LogP contribution in [0.1, 0.15) is 25.5 Å². The number of aromatic amines is 1. The van der Waals surface area contributed by atoms with Crippen molar-refractivity contribution in [1.29, 1.82) is 0 Å². The first-order chi connectivity index (χ1) is 7.69. The standard InChI is InChI=1S/C11H18N4O/c1-2-9-6-10(16)14-11(13-9)15-5-3-4-8(12)7-15/h6,8H,2-5,7,12H2,1H3,(H,13,14,16). The number of H-pyrrole nitrogens is 1. The molecular formula is C11H18N4O. The second-order valence-corrected chi connectivity index (χ2v) is 4.26. The Bertz CT molecular complexity index is 415. The van der Waals surface area contributed by atoms with Gasteiger partial charge >= 0.3 is 0 Å². The van der Waals surface area contributed by atoms with E-state index in [9.17, 15) is 4.79 Å². The van der Waals surface area contributed by atoms with Gasteiger partial charge in [0.2, 0.25) is 5.95 Å². The highest BCUT2D eigenvalue weighted by Gasteiger charge is 2.18. The van der Waals surface area contributed by atoms with Gasteiger partial charge in [0, 0.05) is 30.9 Å². The Morgan fingerprint density at radius 3 is 3.19 bits per heavy atom. The van der Waals surface area contributed by atoms with Crippen LogP contribution in [0.3, 0.4) is 0 Å². The van der Waals surface area contributed by atoms with Crippen molar-refractivity contribution in [3.63, 3.8) is 0 Å². The molecule has 1 atom stereocenters. The van der Waals surface area contributed by atoms with Gasteiger partial charge in [-0.2, -0.15) is 0 Å². The van der Waals surface area contributed by atoms with Crippen molar-refractivity contribution in [3.8, 4) is 0 Å². The smallest absolute Gasteiger partial charge is 0.252 e. The Morgan fingerprint density at radius 1 is 1.69 bits per heavy atom. The predicted octanol–water partition coefficient (Wildman–Crippen LogP) is 0.260. The number of nitrogens with two attached hydrogens (primary N) is 1. The third-order valence-corrected chi connectivity index (χ3v) is 2.90. The number of rotatable bonds is 2. The number of hydrogen-bond donors (Lipinski definition) is 2. The third kappa shape index (κ3) is 2.41. The SMILES string of the molecule is CCc1cc(=O)[nH]c(N2CCCC(N)C2)n1. The second kappa shape index (κ2) is 4.65. The number of nitrogens with zero attached hydrogens (tertiary/aromatic N) is 2. The van der Waals surface area contributed by atoms with Gasteiger partial charge in [-0.3, -0.25) is 9.78 Å². The number of piperidine rings is 1. The topological polar surface area (TPSA) is 75.0 Å². The summed E-state index contributed by atoms with van der Waals surface area (Å²) < 4.78 is 0. The number of nitrogens with one attached hydrogen (secondary N) is 1. The summed E-state index contributed by atoms with van der Waals surface area (Å²) in [7, 11) is 0. The lowest BCUT2D eigenvalue weighted by Gasteiger charge is -2.31. The molecule has 1 fully saturated rings. The first-order valence-corrected chi connectivity index (χ1v) is 5.80. The Balaban J connectivity index is 2.25. The van der Waals surface area contributed by atoms with Crippen molar-refractivity contribution in [2.24, 2.45) is 5.73 Å². The van der Waals surface area contributed by atoms with Crippen LogP contribution in [0.4, 0.5) is 5.95 Å². The molecule has 1 aliphatic heterocycles. The quantitative estimate of drug-likeness (QED) is 0.752. The molecular weight excluding hydrogens is 204 g/mol. The summed E-state index contributed by atoms with van der Waals surface area (Å²) in [6, 6.07) is 1.73. The van der Waals surface area contributed by atoms with E-state index in [-0.39, 0.29) is 11.6 Å². The van der Waals surface area contributed by atoms with Gasteiger partial charge in [-0.25, -0.2) is 4.98 Å². The summed E-state index contributed by atoms with van der Waals surface area (Å²) in [5.41, 5.74) is 6.66. The lowest BCUT2D eigenvalue weighted by Crippen LogP contribution is -2.44. The molecule has 1 saturated heterocycles. The average molecular weight is 222 g/mol. The van der Waals surface area contributed by atoms with Gasteiger partial charge in [-0.1, -0.05) is 6.92 Å². The Morgan fingerprint density at radius 2 is 2.50 bits per heavy atom. The van der Waals surface area contributed by atoms with Gasteiger partial charge in [0.25, 0.3) is 5.56 Å². The first kappa shape index (κ1) is 11.1. The molecule has 5 heteroatoms. The minimum atomic E-state index is -0.0824. The van der Waals surface area contributed by atoms with Crippen molar-refractivity contribution < 1.29 is 0 Å². The van der Waals surface area contributed by atoms with Crippen molar-refractivity contribution in [2.75, 3.05) is 18.0 Å². The minimum absolute atomic E-state index is 0.0824. The molecule has 0 radical (unpaired) electrons. The maximum absolute atomic E-state index is 11.4. The largest absolute Gasteiger partial charge is 0.341 e. The van der Waals surface area contributed by atoms with E-state index in [1.54, 1.807) is 6.07 Å². The number of aryl methyl sites for hydroxylation is 1. The molecule has 0 spiro atoms. The maximum atomic E-state index is 11.4. The van der Waals surface area contributed by atoms with E-state index in [0.717, 1.165) is 38.0 Å². The molecule has 5 nitrogen and oxygen atoms in total. The Kier molecular flexibility index (Phi) is 3.24. The molecule has 0 amide bonds. The average Bonchev–Trinajstić information content (AvgIpc) is 2.28. The molecule has 16 heavy (non-hydrogen) atoms. The zero-order chi connectivity index (χ0) is 11.5. The van der Waals surface area contributed by atoms with Crippen LogP contribution in [-0.4, -0.2) is 29.1 Å². The highest BCUT2D eigenvalue weighted by atomic mass is 16.1. The highest BCUT2D eigenvalue weighted by Crippen LogP contribution is 2.14. The van der Waals surface area contributed by atoms with Crippen LogP contribution < -0.4 is 16.2 Å².